The minimum atomic E-state index is 0.815. The van der Waals surface area contributed by atoms with Gasteiger partial charge in [0.1, 0.15) is 0 Å². The molecule has 0 bridgehead atoms. The van der Waals surface area contributed by atoms with Gasteiger partial charge in [0.15, 0.2) is 0 Å². The third kappa shape index (κ3) is 0.980. The Hall–Kier alpha value is -0.570. The molecule has 1 aliphatic heterocycles. The zero-order valence-corrected chi connectivity index (χ0v) is 4.98. The second-order valence-corrected chi connectivity index (χ2v) is 1.78. The van der Waals surface area contributed by atoms with Crippen LogP contribution in [0.4, 0.5) is 0 Å². The summed E-state index contributed by atoms with van der Waals surface area (Å²) >= 11 is 0. The SMILES string of the molecule is [CH2-][NH+]1CCC(OC)=N1. The van der Waals surface area contributed by atoms with Crippen LogP contribution in [0.2, 0.25) is 0 Å². The lowest BCUT2D eigenvalue weighted by Gasteiger charge is -2.01. The van der Waals surface area contributed by atoms with E-state index >= 15 is 0 Å². The first-order valence-corrected chi connectivity index (χ1v) is 2.62. The van der Waals surface area contributed by atoms with E-state index < -0.39 is 0 Å². The fourth-order valence-electron chi connectivity index (χ4n) is 0.687. The van der Waals surface area contributed by atoms with Gasteiger partial charge in [-0.15, -0.1) is 7.05 Å². The molecule has 1 atom stereocenters. The first-order chi connectivity index (χ1) is 3.83. The van der Waals surface area contributed by atoms with Crippen LogP contribution < -0.4 is 5.01 Å². The highest BCUT2D eigenvalue weighted by Crippen LogP contribution is 1.86. The van der Waals surface area contributed by atoms with Crippen LogP contribution in [0.1, 0.15) is 6.42 Å². The molecule has 1 N–H and O–H groups in total. The van der Waals surface area contributed by atoms with Crippen molar-refractivity contribution in [3.8, 4) is 0 Å². The molecule has 0 saturated carbocycles. The van der Waals surface area contributed by atoms with Crippen LogP contribution in [0.3, 0.4) is 0 Å². The molecule has 0 aromatic heterocycles. The number of methoxy groups -OCH3 is 1. The van der Waals surface area contributed by atoms with Gasteiger partial charge in [0.2, 0.25) is 5.90 Å². The van der Waals surface area contributed by atoms with Gasteiger partial charge in [-0.2, -0.15) is 0 Å². The molecule has 3 nitrogen and oxygen atoms in total. The average molecular weight is 114 g/mol. The molecule has 0 aromatic rings. The third-order valence-electron chi connectivity index (χ3n) is 1.15. The van der Waals surface area contributed by atoms with Crippen LogP contribution in [0.5, 0.6) is 0 Å². The van der Waals surface area contributed by atoms with Crippen molar-refractivity contribution in [2.75, 3.05) is 13.7 Å². The zero-order chi connectivity index (χ0) is 5.98. The summed E-state index contributed by atoms with van der Waals surface area (Å²) in [7, 11) is 5.32. The molecule has 3 heteroatoms. The van der Waals surface area contributed by atoms with Crippen LogP contribution in [0.15, 0.2) is 5.10 Å². The van der Waals surface area contributed by atoms with Gasteiger partial charge in [0.25, 0.3) is 0 Å². The van der Waals surface area contributed by atoms with Crippen LogP contribution in [-0.2, 0) is 4.74 Å². The standard InChI is InChI=1S/C5H10N2O/c1-7-4-3-5(6-7)8-2/h7H,1,3-4H2,2H3. The number of nitrogens with one attached hydrogen (secondary N) is 1. The molecule has 0 aromatic carbocycles. The zero-order valence-electron chi connectivity index (χ0n) is 4.98. The molecule has 8 heavy (non-hydrogen) atoms. The molecular weight excluding hydrogens is 104 g/mol. The summed E-state index contributed by atoms with van der Waals surface area (Å²) in [4.78, 5) is 0. The molecule has 0 aliphatic carbocycles. The Balaban J connectivity index is 2.44. The van der Waals surface area contributed by atoms with E-state index in [9.17, 15) is 0 Å². The van der Waals surface area contributed by atoms with Crippen LogP contribution >= 0.6 is 0 Å². The van der Waals surface area contributed by atoms with Crippen molar-refractivity contribution in [2.24, 2.45) is 5.10 Å². The van der Waals surface area contributed by atoms with Gasteiger partial charge in [-0.1, -0.05) is 5.10 Å². The lowest BCUT2D eigenvalue weighted by molar-refractivity contribution is -0.854. The molecule has 0 spiro atoms. The topological polar surface area (TPSA) is 26.0 Å². The van der Waals surface area contributed by atoms with Crippen molar-refractivity contribution in [3.63, 3.8) is 0 Å². The predicted molar refractivity (Wildman–Crippen MR) is 30.2 cm³/mol. The minimum absolute atomic E-state index is 0.815. The second kappa shape index (κ2) is 2.13. The minimum Gasteiger partial charge on any atom is -0.481 e. The first kappa shape index (κ1) is 5.56. The number of quaternary nitrogens is 1. The summed E-state index contributed by atoms with van der Waals surface area (Å²) in [6.07, 6.45) is 0.926. The van der Waals surface area contributed by atoms with E-state index in [1.54, 1.807) is 7.11 Å². The summed E-state index contributed by atoms with van der Waals surface area (Å²) in [5.74, 6) is 0.815. The van der Waals surface area contributed by atoms with E-state index in [1.165, 1.54) is 0 Å². The molecule has 0 amide bonds. The number of hydrogen-bond acceptors (Lipinski definition) is 2. The monoisotopic (exact) mass is 114 g/mol. The molecule has 1 rings (SSSR count). The lowest BCUT2D eigenvalue weighted by Crippen LogP contribution is -3.00. The maximum atomic E-state index is 4.87. The average Bonchev–Trinajstić information content (AvgIpc) is 2.14. The third-order valence-corrected chi connectivity index (χ3v) is 1.15. The summed E-state index contributed by atoms with van der Waals surface area (Å²) in [6, 6.07) is 0. The summed E-state index contributed by atoms with van der Waals surface area (Å²) in [6.45, 7) is 0.961. The first-order valence-electron chi connectivity index (χ1n) is 2.62. The maximum Gasteiger partial charge on any atom is 0.244 e. The Morgan fingerprint density at radius 3 is 2.88 bits per heavy atom. The van der Waals surface area contributed by atoms with E-state index in [-0.39, 0.29) is 0 Å². The van der Waals surface area contributed by atoms with Gasteiger partial charge in [-0.3, -0.25) is 0 Å². The highest BCUT2D eigenvalue weighted by atomic mass is 16.5. The summed E-state index contributed by atoms with van der Waals surface area (Å²) in [5, 5.41) is 4.94. The molecule has 0 saturated heterocycles. The number of ether oxygens (including phenoxy) is 1. The van der Waals surface area contributed by atoms with Crippen molar-refractivity contribution in [2.45, 2.75) is 6.42 Å². The largest absolute Gasteiger partial charge is 0.481 e. The second-order valence-electron chi connectivity index (χ2n) is 1.78. The smallest absolute Gasteiger partial charge is 0.244 e. The van der Waals surface area contributed by atoms with Gasteiger partial charge in [0.05, 0.1) is 20.1 Å². The predicted octanol–water partition coefficient (Wildman–Crippen LogP) is -0.974. The number of rotatable bonds is 0. The Morgan fingerprint density at radius 1 is 1.88 bits per heavy atom. The van der Waals surface area contributed by atoms with Crippen LogP contribution in [-0.4, -0.2) is 19.6 Å². The van der Waals surface area contributed by atoms with E-state index in [0.717, 1.165) is 23.9 Å². The van der Waals surface area contributed by atoms with Gasteiger partial charge in [-0.05, 0) is 0 Å². The van der Waals surface area contributed by atoms with Crippen LogP contribution in [0.25, 0.3) is 0 Å². The van der Waals surface area contributed by atoms with Gasteiger partial charge in [-0.25, -0.2) is 0 Å². The molecule has 0 fully saturated rings. The Bertz CT molecular complexity index is 111. The molecular formula is C5H10N2O. The van der Waals surface area contributed by atoms with Crippen molar-refractivity contribution >= 4 is 5.90 Å². The molecule has 1 aliphatic rings. The quantitative estimate of drug-likeness (QED) is 0.403. The molecule has 46 valence electrons. The summed E-state index contributed by atoms with van der Waals surface area (Å²) < 4.78 is 4.87. The van der Waals surface area contributed by atoms with Crippen LogP contribution in [0, 0.1) is 7.05 Å². The highest BCUT2D eigenvalue weighted by molar-refractivity contribution is 5.75. The Labute approximate surface area is 48.9 Å². The Kier molecular flexibility index (Phi) is 1.48. The van der Waals surface area contributed by atoms with Gasteiger partial charge in [0, 0.05) is 0 Å². The van der Waals surface area contributed by atoms with Crippen molar-refractivity contribution in [1.29, 1.82) is 0 Å². The maximum absolute atomic E-state index is 4.87. The molecule has 1 heterocycles. The van der Waals surface area contributed by atoms with E-state index in [1.807, 2.05) is 0 Å². The fraction of sp³-hybridized carbons (Fsp3) is 0.600. The van der Waals surface area contributed by atoms with Gasteiger partial charge >= 0.3 is 0 Å². The molecule has 0 radical (unpaired) electrons. The number of nitrogens with zero attached hydrogens (tertiary/aromatic N) is 1. The van der Waals surface area contributed by atoms with E-state index in [2.05, 4.69) is 12.1 Å². The van der Waals surface area contributed by atoms with E-state index in [0.29, 0.717) is 0 Å². The summed E-state index contributed by atoms with van der Waals surface area (Å²) in [5.41, 5.74) is 0. The fourth-order valence-corrected chi connectivity index (χ4v) is 0.687. The van der Waals surface area contributed by atoms with Crippen molar-refractivity contribution < 1.29 is 9.75 Å². The number of hydrogen-bond donors (Lipinski definition) is 1. The normalized spacial score (nSPS) is 27.8. The van der Waals surface area contributed by atoms with Gasteiger partial charge < -0.3 is 9.75 Å². The highest BCUT2D eigenvalue weighted by Gasteiger charge is 2.10. The molecule has 1 unspecified atom stereocenters. The van der Waals surface area contributed by atoms with Crippen molar-refractivity contribution in [3.05, 3.63) is 7.05 Å². The Morgan fingerprint density at radius 2 is 2.62 bits per heavy atom. The van der Waals surface area contributed by atoms with E-state index in [4.69, 9.17) is 4.74 Å². The van der Waals surface area contributed by atoms with Crippen molar-refractivity contribution in [1.82, 2.24) is 0 Å². The lowest BCUT2D eigenvalue weighted by atomic mass is 10.4.